The monoisotopic (exact) mass is 612 g/mol. The molecule has 44 heavy (non-hydrogen) atoms. The van der Waals surface area contributed by atoms with Gasteiger partial charge in [-0.25, -0.2) is 8.78 Å². The number of epoxide rings is 1. The van der Waals surface area contributed by atoms with E-state index in [-0.39, 0.29) is 48.4 Å². The van der Waals surface area contributed by atoms with Crippen LogP contribution >= 0.6 is 0 Å². The Kier molecular flexibility index (Phi) is 6.81. The molecule has 2 fully saturated rings. The van der Waals surface area contributed by atoms with Crippen molar-refractivity contribution in [3.63, 3.8) is 0 Å². The smallest absolute Gasteiger partial charge is 0.253 e. The van der Waals surface area contributed by atoms with Crippen LogP contribution in [-0.4, -0.2) is 82.6 Å². The van der Waals surface area contributed by atoms with Gasteiger partial charge in [0, 0.05) is 55.5 Å². The van der Waals surface area contributed by atoms with E-state index < -0.39 is 69.7 Å². The van der Waals surface area contributed by atoms with Crippen molar-refractivity contribution in [1.29, 1.82) is 0 Å². The minimum atomic E-state index is -2.47. The number of fused-ring (bicyclic) bond motifs is 2. The molecule has 4 aliphatic rings. The molecule has 3 aliphatic carbocycles. The number of anilines is 1. The SMILES string of the molecule is CN(C)c1cc(CNCc2c(F)cccc2F)c(O)c2c1C[C@H]1C[C@H]3[C@H](N(C)C)C(O)=C(C(N)=O)C4(O)O[C@]34C(=O)C1=C2O. The predicted octanol–water partition coefficient (Wildman–Crippen LogP) is 1.76. The summed E-state index contributed by atoms with van der Waals surface area (Å²) < 4.78 is 34.0. The Morgan fingerprint density at radius 2 is 1.80 bits per heavy atom. The summed E-state index contributed by atoms with van der Waals surface area (Å²) in [5, 5.41) is 48.5. The summed E-state index contributed by atoms with van der Waals surface area (Å²) >= 11 is 0. The Morgan fingerprint density at radius 3 is 2.39 bits per heavy atom. The van der Waals surface area contributed by atoms with Crippen molar-refractivity contribution in [3.8, 4) is 5.75 Å². The molecule has 2 aromatic rings. The summed E-state index contributed by atoms with van der Waals surface area (Å²) in [5.41, 5.74) is 4.26. The van der Waals surface area contributed by atoms with Gasteiger partial charge in [-0.05, 0) is 56.6 Å². The van der Waals surface area contributed by atoms with Gasteiger partial charge < -0.3 is 41.1 Å². The number of ketones is 1. The number of phenols is 1. The third-order valence-electron chi connectivity index (χ3n) is 9.45. The molecule has 5 atom stereocenters. The average molecular weight is 613 g/mol. The lowest BCUT2D eigenvalue weighted by atomic mass is 9.58. The highest BCUT2D eigenvalue weighted by atomic mass is 19.1. The molecular formula is C31H34F2N4O7. The van der Waals surface area contributed by atoms with Crippen LogP contribution in [0.5, 0.6) is 5.75 Å². The molecule has 13 heteroatoms. The lowest BCUT2D eigenvalue weighted by Gasteiger charge is -2.46. The molecule has 1 unspecified atom stereocenters. The van der Waals surface area contributed by atoms with Crippen molar-refractivity contribution in [2.24, 2.45) is 17.6 Å². The first-order valence-electron chi connectivity index (χ1n) is 14.2. The number of aliphatic hydroxyl groups is 3. The largest absolute Gasteiger partial charge is 0.510 e. The highest BCUT2D eigenvalue weighted by Crippen LogP contribution is 2.67. The zero-order valence-electron chi connectivity index (χ0n) is 24.6. The number of hydrogen-bond donors (Lipinski definition) is 6. The standard InChI is InChI=1S/C31H34F2N4O7/c1-36(2)20-10-14(11-35-12-16-18(32)6-5-7-19(16)33)25(38)22-15(20)8-13-9-17-24(37(3)4)27(40)23(29(34)42)31(43)30(17,44-31)28(41)21(13)26(22)39/h5-7,10,13,17,24,35,38-40,43H,8-9,11-12H2,1-4H3,(H2,34,42)/t13-,17-,24-,30-,31?/m0/s1. The van der Waals surface area contributed by atoms with E-state index in [1.807, 2.05) is 0 Å². The molecule has 7 N–H and O–H groups in total. The van der Waals surface area contributed by atoms with Crippen molar-refractivity contribution < 1.29 is 43.5 Å². The van der Waals surface area contributed by atoms with Gasteiger partial charge in [0.15, 0.2) is 5.60 Å². The summed E-state index contributed by atoms with van der Waals surface area (Å²) in [6.07, 6.45) is 0.422. The van der Waals surface area contributed by atoms with Crippen molar-refractivity contribution in [2.75, 3.05) is 33.1 Å². The molecule has 0 bridgehead atoms. The van der Waals surface area contributed by atoms with Gasteiger partial charge in [-0.1, -0.05) is 6.07 Å². The minimum Gasteiger partial charge on any atom is -0.510 e. The fraction of sp³-hybridized carbons (Fsp3) is 0.419. The van der Waals surface area contributed by atoms with E-state index in [9.17, 15) is 38.8 Å². The first-order chi connectivity index (χ1) is 20.7. The molecular weight excluding hydrogens is 578 g/mol. The van der Waals surface area contributed by atoms with E-state index in [1.165, 1.54) is 6.07 Å². The van der Waals surface area contributed by atoms with Gasteiger partial charge in [0.25, 0.3) is 5.91 Å². The number of benzene rings is 2. The Morgan fingerprint density at radius 1 is 1.14 bits per heavy atom. The van der Waals surface area contributed by atoms with E-state index in [2.05, 4.69) is 5.32 Å². The number of hydrogen-bond acceptors (Lipinski definition) is 10. The van der Waals surface area contributed by atoms with Crippen LogP contribution in [0.2, 0.25) is 0 Å². The highest BCUT2D eigenvalue weighted by Gasteiger charge is 2.86. The summed E-state index contributed by atoms with van der Waals surface area (Å²) in [5.74, 6) is -8.45. The van der Waals surface area contributed by atoms with Gasteiger partial charge in [0.1, 0.15) is 34.5 Å². The summed E-state index contributed by atoms with van der Waals surface area (Å²) in [6, 6.07) is 4.38. The number of amides is 1. The van der Waals surface area contributed by atoms with Crippen LogP contribution in [0, 0.1) is 23.5 Å². The van der Waals surface area contributed by atoms with Crippen LogP contribution in [-0.2, 0) is 33.8 Å². The second kappa shape index (κ2) is 9.99. The van der Waals surface area contributed by atoms with Crippen LogP contribution in [0.1, 0.15) is 28.7 Å². The number of ether oxygens (including phenoxy) is 1. The lowest BCUT2D eigenvalue weighted by Crippen LogP contribution is -2.60. The number of aliphatic hydroxyl groups excluding tert-OH is 2. The number of nitrogens with two attached hydrogens (primary N) is 1. The van der Waals surface area contributed by atoms with Gasteiger partial charge in [-0.2, -0.15) is 0 Å². The number of nitrogens with zero attached hydrogens (tertiary/aromatic N) is 2. The molecule has 0 radical (unpaired) electrons. The van der Waals surface area contributed by atoms with Crippen LogP contribution < -0.4 is 16.0 Å². The number of Topliss-reactive ketones (excluding diaryl/α,β-unsaturated/α-hetero) is 1. The normalized spacial score (nSPS) is 28.8. The van der Waals surface area contributed by atoms with Crippen LogP contribution in [0.15, 0.2) is 41.2 Å². The third kappa shape index (κ3) is 3.92. The predicted molar refractivity (Wildman–Crippen MR) is 154 cm³/mol. The molecule has 11 nitrogen and oxygen atoms in total. The topological polar surface area (TPSA) is 172 Å². The maximum Gasteiger partial charge on any atom is 0.253 e. The Bertz CT molecular complexity index is 1670. The van der Waals surface area contributed by atoms with Crippen molar-refractivity contribution in [3.05, 3.63) is 75.1 Å². The van der Waals surface area contributed by atoms with E-state index in [1.54, 1.807) is 44.1 Å². The Labute approximate surface area is 251 Å². The number of nitrogens with one attached hydrogen (secondary N) is 1. The number of primary amides is 1. The molecule has 1 amide bonds. The first-order valence-corrected chi connectivity index (χ1v) is 14.2. The maximum atomic E-state index is 14.3. The number of likely N-dealkylation sites (N-methyl/N-ethyl adjacent to an activating group) is 1. The lowest BCUT2D eigenvalue weighted by molar-refractivity contribution is -0.127. The molecule has 6 rings (SSSR count). The molecule has 234 valence electrons. The Hall–Kier alpha value is -4.04. The molecule has 0 aromatic heterocycles. The molecule has 2 aromatic carbocycles. The van der Waals surface area contributed by atoms with Crippen molar-refractivity contribution in [2.45, 2.75) is 43.4 Å². The van der Waals surface area contributed by atoms with Crippen LogP contribution in [0.3, 0.4) is 0 Å². The van der Waals surface area contributed by atoms with Gasteiger partial charge in [-0.15, -0.1) is 0 Å². The average Bonchev–Trinajstić information content (AvgIpc) is 3.56. The van der Waals surface area contributed by atoms with E-state index in [4.69, 9.17) is 10.5 Å². The van der Waals surface area contributed by atoms with Gasteiger partial charge in [0.05, 0.1) is 11.6 Å². The number of aromatic hydroxyl groups is 1. The zero-order valence-corrected chi connectivity index (χ0v) is 24.6. The van der Waals surface area contributed by atoms with E-state index in [0.29, 0.717) is 16.8 Å². The highest BCUT2D eigenvalue weighted by molar-refractivity contribution is 6.14. The number of carbonyl (C=O) groups excluding carboxylic acids is 2. The molecule has 1 saturated carbocycles. The van der Waals surface area contributed by atoms with E-state index in [0.717, 1.165) is 12.1 Å². The summed E-state index contributed by atoms with van der Waals surface area (Å²) in [7, 11) is 6.88. The minimum absolute atomic E-state index is 0.0252. The van der Waals surface area contributed by atoms with E-state index >= 15 is 0 Å². The summed E-state index contributed by atoms with van der Waals surface area (Å²) in [6.45, 7) is -0.200. The Balaban J connectivity index is 1.43. The second-order valence-electron chi connectivity index (χ2n) is 12.3. The van der Waals surface area contributed by atoms with Gasteiger partial charge in [0.2, 0.25) is 11.6 Å². The van der Waals surface area contributed by atoms with Crippen LogP contribution in [0.25, 0.3) is 5.76 Å². The van der Waals surface area contributed by atoms with Crippen molar-refractivity contribution >= 4 is 23.1 Å². The third-order valence-corrected chi connectivity index (χ3v) is 9.45. The number of rotatable bonds is 7. The van der Waals surface area contributed by atoms with Gasteiger partial charge >= 0.3 is 0 Å². The zero-order chi connectivity index (χ0) is 32.0. The second-order valence-corrected chi connectivity index (χ2v) is 12.3. The van der Waals surface area contributed by atoms with Crippen LogP contribution in [0.4, 0.5) is 14.5 Å². The molecule has 1 saturated heterocycles. The number of halogens is 2. The number of carbonyl (C=O) groups is 2. The number of phenolic OH excluding ortho intramolecular Hbond substituents is 1. The fourth-order valence-electron chi connectivity index (χ4n) is 7.51. The molecule has 1 heterocycles. The fourth-order valence-corrected chi connectivity index (χ4v) is 7.51. The summed E-state index contributed by atoms with van der Waals surface area (Å²) in [4.78, 5) is 30.0. The van der Waals surface area contributed by atoms with Crippen molar-refractivity contribution in [1.82, 2.24) is 10.2 Å². The maximum absolute atomic E-state index is 14.3. The molecule has 1 aliphatic heterocycles. The van der Waals surface area contributed by atoms with Gasteiger partial charge in [-0.3, -0.25) is 14.5 Å². The quantitative estimate of drug-likeness (QED) is 0.253. The molecule has 1 spiro atoms. The first kappa shape index (κ1) is 30.0.